The van der Waals surface area contributed by atoms with Gasteiger partial charge in [-0.15, -0.1) is 11.8 Å². The molecule has 1 aliphatic heterocycles. The number of amides is 3. The number of nitrogens with one attached hydrogen (secondary N) is 1. The lowest BCUT2D eigenvalue weighted by molar-refractivity contribution is 0.0947. The molecule has 0 unspecified atom stereocenters. The van der Waals surface area contributed by atoms with Crippen LogP contribution in [0.2, 0.25) is 0 Å². The third-order valence-corrected chi connectivity index (χ3v) is 5.08. The van der Waals surface area contributed by atoms with Gasteiger partial charge in [-0.1, -0.05) is 12.1 Å². The minimum Gasteiger partial charge on any atom is -0.346 e. The highest BCUT2D eigenvalue weighted by molar-refractivity contribution is 7.98. The molecule has 0 bridgehead atoms. The average molecular weight is 373 g/mol. The summed E-state index contributed by atoms with van der Waals surface area (Å²) in [6, 6.07) is 9.50. The van der Waals surface area contributed by atoms with Crippen LogP contribution >= 0.6 is 11.8 Å². The number of rotatable bonds is 4. The van der Waals surface area contributed by atoms with Gasteiger partial charge < -0.3 is 15.1 Å². The van der Waals surface area contributed by atoms with Crippen LogP contribution < -0.4 is 5.32 Å². The quantitative estimate of drug-likeness (QED) is 0.833. The van der Waals surface area contributed by atoms with Crippen LogP contribution in [0.25, 0.3) is 0 Å². The van der Waals surface area contributed by atoms with Crippen LogP contribution in [-0.2, 0) is 19.6 Å². The Morgan fingerprint density at radius 2 is 2.04 bits per heavy atom. The number of hydrogen-bond acceptors (Lipinski definition) is 4. The maximum atomic E-state index is 12.4. The highest BCUT2D eigenvalue weighted by Crippen LogP contribution is 2.20. The molecule has 1 aliphatic rings. The van der Waals surface area contributed by atoms with E-state index >= 15 is 0 Å². The molecule has 0 aliphatic carbocycles. The van der Waals surface area contributed by atoms with E-state index in [9.17, 15) is 9.59 Å². The molecule has 8 heteroatoms. The fourth-order valence-corrected chi connectivity index (χ4v) is 3.55. The first kappa shape index (κ1) is 18.3. The zero-order valence-electron chi connectivity index (χ0n) is 15.2. The van der Waals surface area contributed by atoms with Gasteiger partial charge in [-0.25, -0.2) is 4.79 Å². The third kappa shape index (κ3) is 3.85. The Morgan fingerprint density at radius 3 is 2.77 bits per heavy atom. The maximum Gasteiger partial charge on any atom is 0.319 e. The monoisotopic (exact) mass is 373 g/mol. The summed E-state index contributed by atoms with van der Waals surface area (Å²) in [5, 5.41) is 7.48. The maximum absolute atomic E-state index is 12.4. The van der Waals surface area contributed by atoms with Gasteiger partial charge in [0.25, 0.3) is 5.91 Å². The molecule has 2 aromatic rings. The SMILES string of the molecule is CSc1ccccc1C(=O)NCc1cc2n(n1)CCN(C(=O)N(C)C)C2. The number of benzene rings is 1. The van der Waals surface area contributed by atoms with Crippen molar-refractivity contribution in [1.29, 1.82) is 0 Å². The highest BCUT2D eigenvalue weighted by Gasteiger charge is 2.23. The molecule has 1 aromatic carbocycles. The fraction of sp³-hybridized carbons (Fsp3) is 0.389. The molecule has 0 fully saturated rings. The second-order valence-corrected chi connectivity index (χ2v) is 7.18. The summed E-state index contributed by atoms with van der Waals surface area (Å²) in [6.07, 6.45) is 1.95. The van der Waals surface area contributed by atoms with Crippen molar-refractivity contribution < 1.29 is 9.59 Å². The summed E-state index contributed by atoms with van der Waals surface area (Å²) in [4.78, 5) is 28.9. The predicted molar refractivity (Wildman–Crippen MR) is 101 cm³/mol. The van der Waals surface area contributed by atoms with Crippen LogP contribution in [0.4, 0.5) is 4.79 Å². The Kier molecular flexibility index (Phi) is 5.51. The van der Waals surface area contributed by atoms with Crippen molar-refractivity contribution >= 4 is 23.7 Å². The van der Waals surface area contributed by atoms with Crippen molar-refractivity contribution in [2.75, 3.05) is 26.9 Å². The molecular formula is C18H23N5O2S. The molecule has 1 aromatic heterocycles. The van der Waals surface area contributed by atoms with E-state index in [2.05, 4.69) is 10.4 Å². The highest BCUT2D eigenvalue weighted by atomic mass is 32.2. The fourth-order valence-electron chi connectivity index (χ4n) is 2.96. The number of thioether (sulfide) groups is 1. The van der Waals surface area contributed by atoms with Crippen molar-refractivity contribution in [3.63, 3.8) is 0 Å². The topological polar surface area (TPSA) is 70.5 Å². The summed E-state index contributed by atoms with van der Waals surface area (Å²) < 4.78 is 1.91. The van der Waals surface area contributed by atoms with Crippen LogP contribution in [0.3, 0.4) is 0 Å². The van der Waals surface area contributed by atoms with Crippen molar-refractivity contribution in [1.82, 2.24) is 24.9 Å². The van der Waals surface area contributed by atoms with Gasteiger partial charge in [-0.05, 0) is 24.5 Å². The summed E-state index contributed by atoms with van der Waals surface area (Å²) >= 11 is 1.55. The lowest BCUT2D eigenvalue weighted by atomic mass is 10.2. The molecule has 3 amide bonds. The predicted octanol–water partition coefficient (Wildman–Crippen LogP) is 2.03. The van der Waals surface area contributed by atoms with Gasteiger partial charge in [-0.2, -0.15) is 5.10 Å². The van der Waals surface area contributed by atoms with Crippen molar-refractivity contribution in [3.8, 4) is 0 Å². The van der Waals surface area contributed by atoms with Gasteiger partial charge in [-0.3, -0.25) is 9.48 Å². The summed E-state index contributed by atoms with van der Waals surface area (Å²) in [5.41, 5.74) is 2.46. The second-order valence-electron chi connectivity index (χ2n) is 6.33. The Morgan fingerprint density at radius 1 is 1.27 bits per heavy atom. The average Bonchev–Trinajstić information content (AvgIpc) is 3.07. The van der Waals surface area contributed by atoms with E-state index < -0.39 is 0 Å². The number of urea groups is 1. The molecule has 7 nitrogen and oxygen atoms in total. The van der Waals surface area contributed by atoms with Gasteiger partial charge in [0.1, 0.15) is 0 Å². The number of aromatic nitrogens is 2. The van der Waals surface area contributed by atoms with E-state index in [1.54, 1.807) is 35.7 Å². The number of hydrogen-bond donors (Lipinski definition) is 1. The molecule has 138 valence electrons. The minimum atomic E-state index is -0.106. The first-order chi connectivity index (χ1) is 12.5. The smallest absolute Gasteiger partial charge is 0.319 e. The second kappa shape index (κ2) is 7.82. The van der Waals surface area contributed by atoms with Crippen LogP contribution in [-0.4, -0.2) is 58.4 Å². The molecular weight excluding hydrogens is 350 g/mol. The molecule has 1 N–H and O–H groups in total. The van der Waals surface area contributed by atoms with E-state index in [1.165, 1.54) is 0 Å². The number of carbonyl (C=O) groups is 2. The molecule has 0 saturated carbocycles. The van der Waals surface area contributed by atoms with Crippen molar-refractivity contribution in [2.45, 2.75) is 24.5 Å². The summed E-state index contributed by atoms with van der Waals surface area (Å²) in [6.45, 7) is 2.20. The Bertz CT molecular complexity index is 818. The first-order valence-corrected chi connectivity index (χ1v) is 9.65. The van der Waals surface area contributed by atoms with Gasteiger partial charge >= 0.3 is 6.03 Å². The molecule has 0 saturated heterocycles. The molecule has 0 spiro atoms. The van der Waals surface area contributed by atoms with Gasteiger partial charge in [0.15, 0.2) is 0 Å². The molecule has 0 atom stereocenters. The number of carbonyl (C=O) groups excluding carboxylic acids is 2. The van der Waals surface area contributed by atoms with E-state index in [1.807, 2.05) is 41.3 Å². The normalized spacial score (nSPS) is 13.3. The van der Waals surface area contributed by atoms with Gasteiger partial charge in [0.05, 0.1) is 36.6 Å². The van der Waals surface area contributed by atoms with Crippen molar-refractivity contribution in [2.24, 2.45) is 0 Å². The van der Waals surface area contributed by atoms with E-state index in [0.29, 0.717) is 31.7 Å². The van der Waals surface area contributed by atoms with E-state index in [4.69, 9.17) is 0 Å². The van der Waals surface area contributed by atoms with Crippen LogP contribution in [0.15, 0.2) is 35.2 Å². The van der Waals surface area contributed by atoms with Crippen molar-refractivity contribution in [3.05, 3.63) is 47.3 Å². The number of fused-ring (bicyclic) bond motifs is 1. The first-order valence-electron chi connectivity index (χ1n) is 8.42. The zero-order valence-corrected chi connectivity index (χ0v) is 16.0. The number of nitrogens with zero attached hydrogens (tertiary/aromatic N) is 4. The zero-order chi connectivity index (χ0) is 18.7. The third-order valence-electron chi connectivity index (χ3n) is 4.28. The minimum absolute atomic E-state index is 0.000903. The van der Waals surface area contributed by atoms with E-state index in [0.717, 1.165) is 16.3 Å². The van der Waals surface area contributed by atoms with E-state index in [-0.39, 0.29) is 11.9 Å². The molecule has 3 rings (SSSR count). The largest absolute Gasteiger partial charge is 0.346 e. The molecule has 2 heterocycles. The lowest BCUT2D eigenvalue weighted by Gasteiger charge is -2.29. The van der Waals surface area contributed by atoms with Gasteiger partial charge in [0.2, 0.25) is 0 Å². The Labute approximate surface area is 157 Å². The van der Waals surface area contributed by atoms with Crippen LogP contribution in [0.1, 0.15) is 21.7 Å². The van der Waals surface area contributed by atoms with Crippen LogP contribution in [0, 0.1) is 0 Å². The molecule has 0 radical (unpaired) electrons. The van der Waals surface area contributed by atoms with Gasteiger partial charge in [0, 0.05) is 25.5 Å². The standard InChI is InChI=1S/C18H23N5O2S/c1-21(2)18(25)22-8-9-23-14(12-22)10-13(20-23)11-19-17(24)15-6-4-5-7-16(15)26-3/h4-7,10H,8-9,11-12H2,1-3H3,(H,19,24). The lowest BCUT2D eigenvalue weighted by Crippen LogP contribution is -2.43. The Balaban J connectivity index is 1.64. The summed E-state index contributed by atoms with van der Waals surface area (Å²) in [7, 11) is 3.50. The molecule has 26 heavy (non-hydrogen) atoms. The summed E-state index contributed by atoms with van der Waals surface area (Å²) in [5.74, 6) is -0.106. The van der Waals surface area contributed by atoms with Crippen LogP contribution in [0.5, 0.6) is 0 Å². The Hall–Kier alpha value is -2.48.